The minimum atomic E-state index is -0.0128. The van der Waals surface area contributed by atoms with E-state index in [-0.39, 0.29) is 23.7 Å². The first-order chi connectivity index (χ1) is 13.0. The number of imidazole rings is 1. The second-order valence-electron chi connectivity index (χ2n) is 6.69. The zero-order valence-electron chi connectivity index (χ0n) is 14.8. The molecule has 0 bridgehead atoms. The van der Waals surface area contributed by atoms with E-state index in [1.807, 2.05) is 16.9 Å². The Balaban J connectivity index is 1.46. The molecule has 1 fully saturated rings. The number of nitrogens with two attached hydrogens (primary N) is 1. The molecule has 4 rings (SSSR count). The topological polar surface area (TPSA) is 112 Å². The van der Waals surface area contributed by atoms with Crippen molar-refractivity contribution in [3.8, 4) is 12.3 Å². The number of nitrogen functional groups attached to an aromatic ring is 1. The van der Waals surface area contributed by atoms with Crippen LogP contribution < -0.4 is 11.1 Å². The molecule has 0 unspecified atom stereocenters. The highest BCUT2D eigenvalue weighted by Crippen LogP contribution is 2.35. The summed E-state index contributed by atoms with van der Waals surface area (Å²) in [5, 5.41) is 5.51. The molecule has 0 saturated heterocycles. The van der Waals surface area contributed by atoms with E-state index in [0.29, 0.717) is 22.1 Å². The van der Waals surface area contributed by atoms with Crippen LogP contribution in [0.3, 0.4) is 0 Å². The predicted molar refractivity (Wildman–Crippen MR) is 104 cm³/mol. The van der Waals surface area contributed by atoms with E-state index in [1.54, 1.807) is 6.33 Å². The molecule has 3 N–H and O–H groups in total. The van der Waals surface area contributed by atoms with Crippen LogP contribution >= 0.6 is 11.3 Å². The van der Waals surface area contributed by atoms with E-state index in [4.69, 9.17) is 12.2 Å². The van der Waals surface area contributed by atoms with Crippen LogP contribution in [-0.2, 0) is 4.79 Å². The average Bonchev–Trinajstić information content (AvgIpc) is 3.28. The standard InChI is InChI=1S/C18H19N7OS/c1-3-13-22-15(19)14-16(23-13)25(9-20-14)12-6-4-11(5-7-12)17(26)24-18-21-10(2)8-27-18/h1,8-9,11-12H,4-7H2,2H3,(H2,19,22,23)(H,21,24,26)/t11-,12+. The summed E-state index contributed by atoms with van der Waals surface area (Å²) >= 11 is 1.45. The maximum atomic E-state index is 12.5. The Kier molecular flexibility index (Phi) is 4.49. The number of aromatic nitrogens is 5. The third-order valence-corrected chi connectivity index (χ3v) is 5.76. The number of hydrogen-bond acceptors (Lipinski definition) is 7. The van der Waals surface area contributed by atoms with Crippen LogP contribution in [0.15, 0.2) is 11.7 Å². The molecule has 0 aromatic carbocycles. The Hall–Kier alpha value is -2.99. The molecule has 0 radical (unpaired) electrons. The van der Waals surface area contributed by atoms with E-state index in [2.05, 4.69) is 31.2 Å². The first kappa shape index (κ1) is 17.4. The minimum absolute atomic E-state index is 0.0128. The fraction of sp³-hybridized carbons (Fsp3) is 0.389. The highest BCUT2D eigenvalue weighted by molar-refractivity contribution is 7.13. The van der Waals surface area contributed by atoms with Crippen LogP contribution in [0.1, 0.15) is 43.2 Å². The molecular weight excluding hydrogens is 362 g/mol. The normalized spacial score (nSPS) is 19.7. The largest absolute Gasteiger partial charge is 0.382 e. The monoisotopic (exact) mass is 381 g/mol. The third-order valence-electron chi connectivity index (χ3n) is 4.89. The summed E-state index contributed by atoms with van der Waals surface area (Å²) in [7, 11) is 0. The van der Waals surface area contributed by atoms with Crippen molar-refractivity contribution in [2.75, 3.05) is 11.1 Å². The van der Waals surface area contributed by atoms with Crippen LogP contribution in [0.25, 0.3) is 11.2 Å². The smallest absolute Gasteiger partial charge is 0.229 e. The molecule has 8 nitrogen and oxygen atoms in total. The van der Waals surface area contributed by atoms with Crippen molar-refractivity contribution in [2.24, 2.45) is 5.92 Å². The summed E-state index contributed by atoms with van der Waals surface area (Å²) in [6.45, 7) is 1.91. The number of terminal acetylenes is 1. The molecule has 0 atom stereocenters. The van der Waals surface area contributed by atoms with Crippen LogP contribution in [0.2, 0.25) is 0 Å². The zero-order valence-corrected chi connectivity index (χ0v) is 15.7. The fourth-order valence-electron chi connectivity index (χ4n) is 3.51. The maximum Gasteiger partial charge on any atom is 0.229 e. The number of thiazole rings is 1. The number of anilines is 2. The van der Waals surface area contributed by atoms with Gasteiger partial charge in [0.1, 0.15) is 5.52 Å². The second kappa shape index (κ2) is 6.96. The lowest BCUT2D eigenvalue weighted by Crippen LogP contribution is -2.28. The first-order valence-electron chi connectivity index (χ1n) is 8.75. The highest BCUT2D eigenvalue weighted by atomic mass is 32.1. The molecule has 27 heavy (non-hydrogen) atoms. The summed E-state index contributed by atoms with van der Waals surface area (Å²) < 4.78 is 2.01. The number of hydrogen-bond donors (Lipinski definition) is 2. The predicted octanol–water partition coefficient (Wildman–Crippen LogP) is 2.52. The molecule has 3 aromatic heterocycles. The van der Waals surface area contributed by atoms with Gasteiger partial charge in [-0.15, -0.1) is 17.8 Å². The molecule has 3 heterocycles. The van der Waals surface area contributed by atoms with Gasteiger partial charge >= 0.3 is 0 Å². The Bertz CT molecular complexity index is 1040. The third kappa shape index (κ3) is 3.36. The van der Waals surface area contributed by atoms with Gasteiger partial charge in [0.2, 0.25) is 11.7 Å². The van der Waals surface area contributed by atoms with Crippen LogP contribution in [-0.4, -0.2) is 30.4 Å². The van der Waals surface area contributed by atoms with Gasteiger partial charge in [0.25, 0.3) is 0 Å². The van der Waals surface area contributed by atoms with E-state index in [1.165, 1.54) is 11.3 Å². The number of rotatable bonds is 3. The van der Waals surface area contributed by atoms with Gasteiger partial charge in [-0.2, -0.15) is 0 Å². The van der Waals surface area contributed by atoms with Gasteiger partial charge in [0, 0.05) is 17.3 Å². The van der Waals surface area contributed by atoms with E-state index >= 15 is 0 Å². The summed E-state index contributed by atoms with van der Waals surface area (Å²) in [6.07, 6.45) is 10.5. The summed E-state index contributed by atoms with van der Waals surface area (Å²) in [6, 6.07) is 0.209. The molecule has 1 aliphatic rings. The van der Waals surface area contributed by atoms with E-state index < -0.39 is 0 Å². The van der Waals surface area contributed by atoms with Crippen molar-refractivity contribution >= 4 is 39.4 Å². The number of nitrogens with zero attached hydrogens (tertiary/aromatic N) is 5. The van der Waals surface area contributed by atoms with Crippen LogP contribution in [0.4, 0.5) is 10.9 Å². The Morgan fingerprint density at radius 1 is 1.33 bits per heavy atom. The molecule has 9 heteroatoms. The molecule has 0 aliphatic heterocycles. The van der Waals surface area contributed by atoms with Crippen molar-refractivity contribution in [3.05, 3.63) is 23.2 Å². The van der Waals surface area contributed by atoms with Crippen LogP contribution in [0, 0.1) is 25.2 Å². The van der Waals surface area contributed by atoms with Gasteiger partial charge in [0.15, 0.2) is 16.6 Å². The second-order valence-corrected chi connectivity index (χ2v) is 7.55. The van der Waals surface area contributed by atoms with E-state index in [9.17, 15) is 4.79 Å². The molecular formula is C18H19N7OS. The van der Waals surface area contributed by atoms with E-state index in [0.717, 1.165) is 31.4 Å². The lowest BCUT2D eigenvalue weighted by atomic mass is 9.85. The van der Waals surface area contributed by atoms with Crippen LogP contribution in [0.5, 0.6) is 0 Å². The molecule has 138 valence electrons. The number of carbonyl (C=O) groups excluding carboxylic acids is 1. The molecule has 1 aliphatic carbocycles. The van der Waals surface area contributed by atoms with Gasteiger partial charge in [-0.3, -0.25) is 4.79 Å². The number of fused-ring (bicyclic) bond motifs is 1. The maximum absolute atomic E-state index is 12.5. The van der Waals surface area contributed by atoms with Gasteiger partial charge in [-0.1, -0.05) is 0 Å². The quantitative estimate of drug-likeness (QED) is 0.674. The Morgan fingerprint density at radius 3 is 2.78 bits per heavy atom. The number of nitrogens with one attached hydrogen (secondary N) is 1. The van der Waals surface area contributed by atoms with Gasteiger partial charge in [-0.25, -0.2) is 19.9 Å². The summed E-state index contributed by atoms with van der Waals surface area (Å²) in [5.41, 5.74) is 8.06. The fourth-order valence-corrected chi connectivity index (χ4v) is 4.20. The number of amides is 1. The molecule has 3 aromatic rings. The van der Waals surface area contributed by atoms with Crippen molar-refractivity contribution in [1.29, 1.82) is 0 Å². The Morgan fingerprint density at radius 2 is 2.11 bits per heavy atom. The highest BCUT2D eigenvalue weighted by Gasteiger charge is 2.29. The molecule has 1 amide bonds. The lowest BCUT2D eigenvalue weighted by molar-refractivity contribution is -0.120. The van der Waals surface area contributed by atoms with Gasteiger partial charge < -0.3 is 15.6 Å². The van der Waals surface area contributed by atoms with Gasteiger partial charge in [-0.05, 0) is 38.5 Å². The first-order valence-corrected chi connectivity index (χ1v) is 9.62. The lowest BCUT2D eigenvalue weighted by Gasteiger charge is -2.28. The van der Waals surface area contributed by atoms with Crippen molar-refractivity contribution in [1.82, 2.24) is 24.5 Å². The number of aryl methyl sites for hydroxylation is 1. The summed E-state index contributed by atoms with van der Waals surface area (Å²) in [5.74, 6) is 3.00. The average molecular weight is 381 g/mol. The van der Waals surface area contributed by atoms with Crippen molar-refractivity contribution < 1.29 is 4.79 Å². The molecule has 0 spiro atoms. The Labute approximate surface area is 160 Å². The minimum Gasteiger partial charge on any atom is -0.382 e. The molecule has 1 saturated carbocycles. The van der Waals surface area contributed by atoms with Crippen molar-refractivity contribution in [3.63, 3.8) is 0 Å². The van der Waals surface area contributed by atoms with Crippen molar-refractivity contribution in [2.45, 2.75) is 38.6 Å². The summed E-state index contributed by atoms with van der Waals surface area (Å²) in [4.78, 5) is 29.6. The number of carbonyl (C=O) groups is 1. The SMILES string of the molecule is C#Cc1nc(N)c2ncn([C@H]3CC[C@@H](C(=O)Nc4nc(C)cs4)CC3)c2n1. The van der Waals surface area contributed by atoms with Gasteiger partial charge in [0.05, 0.1) is 12.0 Å². The zero-order chi connectivity index (χ0) is 19.0.